The summed E-state index contributed by atoms with van der Waals surface area (Å²) in [7, 11) is 0. The van der Waals surface area contributed by atoms with Crippen LogP contribution in [0.3, 0.4) is 0 Å². The van der Waals surface area contributed by atoms with Gasteiger partial charge in [0.15, 0.2) is 17.0 Å². The third-order valence-corrected chi connectivity index (χ3v) is 6.83. The number of halogens is 1. The molecule has 2 saturated carbocycles. The van der Waals surface area contributed by atoms with Crippen molar-refractivity contribution < 1.29 is 0 Å². The van der Waals surface area contributed by atoms with Gasteiger partial charge in [0.1, 0.15) is 0 Å². The van der Waals surface area contributed by atoms with Crippen LogP contribution in [0.5, 0.6) is 0 Å². The highest BCUT2D eigenvalue weighted by Gasteiger charge is 2.23. The van der Waals surface area contributed by atoms with Gasteiger partial charge in [0.05, 0.1) is 6.33 Å². The predicted octanol–water partition coefficient (Wildman–Crippen LogP) is 4.89. The van der Waals surface area contributed by atoms with E-state index in [2.05, 4.69) is 21.3 Å². The van der Waals surface area contributed by atoms with E-state index in [1.165, 1.54) is 25.7 Å². The molecule has 4 N–H and O–H groups in total. The molecule has 2 aliphatic rings. The number of nitrogens with two attached hydrogens (primary N) is 1. The molecule has 5 rings (SSSR count). The van der Waals surface area contributed by atoms with E-state index in [-0.39, 0.29) is 0 Å². The lowest BCUT2D eigenvalue weighted by Crippen LogP contribution is -2.33. The number of imidazole rings is 1. The van der Waals surface area contributed by atoms with Gasteiger partial charge in [-0.3, -0.25) is 0 Å². The van der Waals surface area contributed by atoms with E-state index in [1.54, 1.807) is 0 Å². The van der Waals surface area contributed by atoms with Crippen molar-refractivity contribution in [3.63, 3.8) is 0 Å². The van der Waals surface area contributed by atoms with Crippen LogP contribution in [0, 0.1) is 0 Å². The highest BCUT2D eigenvalue weighted by molar-refractivity contribution is 6.30. The maximum absolute atomic E-state index is 6.15. The molecule has 2 heterocycles. The van der Waals surface area contributed by atoms with Crippen LogP contribution in [-0.4, -0.2) is 31.6 Å². The Kier molecular flexibility index (Phi) is 5.96. The third-order valence-electron chi connectivity index (χ3n) is 6.59. The normalized spacial score (nSPS) is 22.1. The molecule has 0 unspecified atom stereocenters. The molecule has 8 heteroatoms. The van der Waals surface area contributed by atoms with Crippen molar-refractivity contribution in [2.45, 2.75) is 76.0 Å². The van der Waals surface area contributed by atoms with Gasteiger partial charge in [0, 0.05) is 29.7 Å². The van der Waals surface area contributed by atoms with Crippen molar-refractivity contribution in [2.75, 3.05) is 10.6 Å². The largest absolute Gasteiger partial charge is 0.364 e. The highest BCUT2D eigenvalue weighted by Crippen LogP contribution is 2.33. The first kappa shape index (κ1) is 20.5. The van der Waals surface area contributed by atoms with Gasteiger partial charge >= 0.3 is 0 Å². The quantitative estimate of drug-likeness (QED) is 0.506. The molecule has 3 aromatic rings. The molecule has 0 saturated heterocycles. The van der Waals surface area contributed by atoms with Crippen molar-refractivity contribution in [2.24, 2.45) is 5.73 Å². The summed E-state index contributed by atoms with van der Waals surface area (Å²) in [5, 5.41) is 7.77. The Labute approximate surface area is 187 Å². The summed E-state index contributed by atoms with van der Waals surface area (Å²) >= 11 is 6.15. The van der Waals surface area contributed by atoms with Crippen LogP contribution >= 0.6 is 11.6 Å². The molecule has 7 nitrogen and oxygen atoms in total. The second-order valence-electron chi connectivity index (χ2n) is 8.90. The number of aromatic nitrogens is 4. The Hall–Kier alpha value is -2.38. The number of nitrogens with zero attached hydrogens (tertiary/aromatic N) is 4. The van der Waals surface area contributed by atoms with Crippen molar-refractivity contribution in [1.82, 2.24) is 19.5 Å². The topological polar surface area (TPSA) is 93.7 Å². The van der Waals surface area contributed by atoms with Gasteiger partial charge < -0.3 is 20.9 Å². The Balaban J connectivity index is 1.45. The van der Waals surface area contributed by atoms with E-state index in [0.717, 1.165) is 53.3 Å². The first-order chi connectivity index (χ1) is 15.2. The standard InChI is InChI=1S/C23H30ClN7/c24-16-5-3-4-15(12-16)13-26-21-20-22(31(14-27-20)19-6-1-2-7-19)30-23(29-21)28-18-10-8-17(25)9-11-18/h3-5,12,14,17-19H,1-2,6-11,13,25H2,(H2,26,28,29,30). The summed E-state index contributed by atoms with van der Waals surface area (Å²) in [6, 6.07) is 9.02. The van der Waals surface area contributed by atoms with Gasteiger partial charge in [-0.15, -0.1) is 0 Å². The Morgan fingerprint density at radius 1 is 1.06 bits per heavy atom. The van der Waals surface area contributed by atoms with Crippen molar-refractivity contribution in [3.8, 4) is 0 Å². The lowest BCUT2D eigenvalue weighted by molar-refractivity contribution is 0.410. The molecule has 0 bridgehead atoms. The summed E-state index contributed by atoms with van der Waals surface area (Å²) in [4.78, 5) is 14.4. The summed E-state index contributed by atoms with van der Waals surface area (Å²) < 4.78 is 2.25. The summed E-state index contributed by atoms with van der Waals surface area (Å²) in [5.41, 5.74) is 8.91. The monoisotopic (exact) mass is 439 g/mol. The molecule has 2 aliphatic carbocycles. The summed E-state index contributed by atoms with van der Waals surface area (Å²) in [5.74, 6) is 1.43. The minimum Gasteiger partial charge on any atom is -0.364 e. The lowest BCUT2D eigenvalue weighted by Gasteiger charge is -2.27. The molecule has 0 aliphatic heterocycles. The van der Waals surface area contributed by atoms with E-state index in [4.69, 9.17) is 32.3 Å². The number of hydrogen-bond donors (Lipinski definition) is 3. The number of rotatable bonds is 6. The highest BCUT2D eigenvalue weighted by atomic mass is 35.5. The molecule has 0 spiro atoms. The maximum atomic E-state index is 6.15. The summed E-state index contributed by atoms with van der Waals surface area (Å²) in [6.45, 7) is 0.626. The second-order valence-corrected chi connectivity index (χ2v) is 9.33. The fraction of sp³-hybridized carbons (Fsp3) is 0.522. The number of nitrogens with one attached hydrogen (secondary N) is 2. The molecule has 164 valence electrons. The molecular formula is C23H30ClN7. The van der Waals surface area contributed by atoms with Gasteiger partial charge in [-0.05, 0) is 56.2 Å². The van der Waals surface area contributed by atoms with Crippen LogP contribution in [-0.2, 0) is 6.54 Å². The van der Waals surface area contributed by atoms with Gasteiger partial charge in [0.25, 0.3) is 0 Å². The second kappa shape index (κ2) is 9.01. The Bertz CT molecular complexity index is 1040. The zero-order valence-electron chi connectivity index (χ0n) is 17.7. The Morgan fingerprint density at radius 2 is 1.87 bits per heavy atom. The predicted molar refractivity (Wildman–Crippen MR) is 125 cm³/mol. The number of hydrogen-bond acceptors (Lipinski definition) is 6. The van der Waals surface area contributed by atoms with Crippen LogP contribution in [0.15, 0.2) is 30.6 Å². The SMILES string of the molecule is NC1CCC(Nc2nc(NCc3cccc(Cl)c3)c3ncn(C4CCCC4)c3n2)CC1. The van der Waals surface area contributed by atoms with E-state index >= 15 is 0 Å². The van der Waals surface area contributed by atoms with E-state index in [9.17, 15) is 0 Å². The molecule has 0 radical (unpaired) electrons. The zero-order valence-corrected chi connectivity index (χ0v) is 18.5. The number of fused-ring (bicyclic) bond motifs is 1. The fourth-order valence-electron chi connectivity index (χ4n) is 4.83. The first-order valence-corrected chi connectivity index (χ1v) is 11.8. The molecule has 0 atom stereocenters. The molecular weight excluding hydrogens is 410 g/mol. The van der Waals surface area contributed by atoms with Crippen LogP contribution in [0.4, 0.5) is 11.8 Å². The van der Waals surface area contributed by atoms with Gasteiger partial charge in [0.2, 0.25) is 5.95 Å². The fourth-order valence-corrected chi connectivity index (χ4v) is 5.05. The van der Waals surface area contributed by atoms with Crippen LogP contribution in [0.1, 0.15) is 63.0 Å². The van der Waals surface area contributed by atoms with Gasteiger partial charge in [-0.1, -0.05) is 36.6 Å². The van der Waals surface area contributed by atoms with Crippen LogP contribution in [0.25, 0.3) is 11.2 Å². The lowest BCUT2D eigenvalue weighted by atomic mass is 9.92. The van der Waals surface area contributed by atoms with Crippen molar-refractivity contribution in [1.29, 1.82) is 0 Å². The average Bonchev–Trinajstić information content (AvgIpc) is 3.43. The first-order valence-electron chi connectivity index (χ1n) is 11.4. The molecule has 0 amide bonds. The smallest absolute Gasteiger partial charge is 0.227 e. The average molecular weight is 440 g/mol. The number of anilines is 2. The molecule has 1 aromatic carbocycles. The third kappa shape index (κ3) is 4.62. The summed E-state index contributed by atoms with van der Waals surface area (Å²) in [6.07, 6.45) is 11.0. The van der Waals surface area contributed by atoms with E-state index in [1.807, 2.05) is 24.5 Å². The van der Waals surface area contributed by atoms with Crippen LogP contribution in [0.2, 0.25) is 5.02 Å². The number of benzene rings is 1. The minimum atomic E-state index is 0.320. The van der Waals surface area contributed by atoms with Crippen molar-refractivity contribution >= 4 is 34.5 Å². The zero-order chi connectivity index (χ0) is 21.2. The van der Waals surface area contributed by atoms with Gasteiger partial charge in [-0.25, -0.2) is 4.98 Å². The molecule has 2 aromatic heterocycles. The Morgan fingerprint density at radius 3 is 2.65 bits per heavy atom. The van der Waals surface area contributed by atoms with E-state index < -0.39 is 0 Å². The van der Waals surface area contributed by atoms with Gasteiger partial charge in [-0.2, -0.15) is 9.97 Å². The van der Waals surface area contributed by atoms with E-state index in [0.29, 0.717) is 30.6 Å². The van der Waals surface area contributed by atoms with Crippen molar-refractivity contribution in [3.05, 3.63) is 41.2 Å². The molecule has 2 fully saturated rings. The maximum Gasteiger partial charge on any atom is 0.227 e. The minimum absolute atomic E-state index is 0.320. The molecule has 31 heavy (non-hydrogen) atoms. The van der Waals surface area contributed by atoms with Crippen LogP contribution < -0.4 is 16.4 Å².